The molecule has 0 aliphatic carbocycles. The fraction of sp³-hybridized carbons (Fsp3) is 0.824. The number of likely N-dealkylation sites (N-methyl/N-ethyl adjacent to an activating group) is 1. The van der Waals surface area contributed by atoms with E-state index in [9.17, 15) is 0 Å². The molecule has 0 aromatic carbocycles. The van der Waals surface area contributed by atoms with Gasteiger partial charge in [0.1, 0.15) is 0 Å². The number of aryl methyl sites for hydroxylation is 2. The van der Waals surface area contributed by atoms with Crippen molar-refractivity contribution in [3.05, 3.63) is 17.5 Å². The number of hydrogen-bond acceptors (Lipinski definition) is 4. The monoisotopic (exact) mass is 306 g/mol. The van der Waals surface area contributed by atoms with Crippen LogP contribution in [0.1, 0.15) is 31.2 Å². The fourth-order valence-corrected chi connectivity index (χ4v) is 4.15. The van der Waals surface area contributed by atoms with Crippen molar-refractivity contribution in [2.24, 2.45) is 13.0 Å². The van der Waals surface area contributed by atoms with Gasteiger partial charge in [-0.1, -0.05) is 0 Å². The van der Waals surface area contributed by atoms with Gasteiger partial charge in [0.25, 0.3) is 0 Å². The van der Waals surface area contributed by atoms with Gasteiger partial charge in [0.15, 0.2) is 0 Å². The van der Waals surface area contributed by atoms with Crippen LogP contribution in [0.4, 0.5) is 0 Å². The van der Waals surface area contributed by atoms with Crippen LogP contribution in [0.25, 0.3) is 0 Å². The van der Waals surface area contributed by atoms with Crippen LogP contribution in [0.3, 0.4) is 0 Å². The summed E-state index contributed by atoms with van der Waals surface area (Å²) in [7, 11) is 4.34. The molecular weight excluding hydrogens is 276 g/mol. The van der Waals surface area contributed by atoms with Crippen LogP contribution in [0.15, 0.2) is 6.07 Å². The molecule has 2 aliphatic heterocycles. The van der Waals surface area contributed by atoms with Crippen LogP contribution < -0.4 is 0 Å². The zero-order chi connectivity index (χ0) is 15.7. The van der Waals surface area contributed by atoms with E-state index in [4.69, 9.17) is 4.74 Å². The molecule has 22 heavy (non-hydrogen) atoms. The van der Waals surface area contributed by atoms with Crippen molar-refractivity contribution in [1.82, 2.24) is 19.6 Å². The van der Waals surface area contributed by atoms with Crippen LogP contribution in [-0.4, -0.2) is 65.0 Å². The molecule has 0 N–H and O–H groups in total. The molecule has 0 amide bonds. The molecule has 0 saturated carbocycles. The SMILES string of the molecule is CCOC[C@@H]1CCN(C)C2(C1)CN(Cc1cc(C)nn1C)C2. The quantitative estimate of drug-likeness (QED) is 0.828. The molecule has 0 radical (unpaired) electrons. The van der Waals surface area contributed by atoms with Gasteiger partial charge in [-0.2, -0.15) is 5.10 Å². The van der Waals surface area contributed by atoms with Crippen molar-refractivity contribution < 1.29 is 4.74 Å². The first-order valence-corrected chi connectivity index (χ1v) is 8.53. The number of ether oxygens (including phenoxy) is 1. The first kappa shape index (κ1) is 16.0. The van der Waals surface area contributed by atoms with Gasteiger partial charge in [0.05, 0.1) is 11.4 Å². The lowest BCUT2D eigenvalue weighted by Gasteiger charge is -2.58. The summed E-state index contributed by atoms with van der Waals surface area (Å²) in [5, 5.41) is 4.45. The number of piperidine rings is 1. The van der Waals surface area contributed by atoms with Crippen molar-refractivity contribution in [3.63, 3.8) is 0 Å². The third-order valence-corrected chi connectivity index (χ3v) is 5.43. The second kappa shape index (κ2) is 6.30. The molecule has 3 rings (SSSR count). The number of likely N-dealkylation sites (tertiary alicyclic amines) is 2. The number of hydrogen-bond donors (Lipinski definition) is 0. The molecular formula is C17H30N4O. The van der Waals surface area contributed by atoms with E-state index in [0.29, 0.717) is 5.54 Å². The summed E-state index contributed by atoms with van der Waals surface area (Å²) in [5.74, 6) is 0.734. The van der Waals surface area contributed by atoms with E-state index >= 15 is 0 Å². The molecule has 1 spiro atoms. The Hall–Kier alpha value is -0.910. The third-order valence-electron chi connectivity index (χ3n) is 5.43. The van der Waals surface area contributed by atoms with Crippen molar-refractivity contribution in [1.29, 1.82) is 0 Å². The maximum Gasteiger partial charge on any atom is 0.0597 e. The van der Waals surface area contributed by atoms with Gasteiger partial charge >= 0.3 is 0 Å². The van der Waals surface area contributed by atoms with Gasteiger partial charge in [-0.05, 0) is 52.3 Å². The Kier molecular flexibility index (Phi) is 4.57. The Labute approximate surface area is 134 Å². The van der Waals surface area contributed by atoms with E-state index in [1.165, 1.54) is 38.2 Å². The predicted molar refractivity (Wildman–Crippen MR) is 87.8 cm³/mol. The molecule has 5 nitrogen and oxygen atoms in total. The van der Waals surface area contributed by atoms with E-state index in [1.807, 2.05) is 11.7 Å². The van der Waals surface area contributed by atoms with Crippen molar-refractivity contribution >= 4 is 0 Å². The normalized spacial score (nSPS) is 25.5. The summed E-state index contributed by atoms with van der Waals surface area (Å²) in [6.45, 7) is 10.5. The van der Waals surface area contributed by atoms with E-state index in [1.54, 1.807) is 0 Å². The lowest BCUT2D eigenvalue weighted by atomic mass is 9.75. The Balaban J connectivity index is 1.56. The summed E-state index contributed by atoms with van der Waals surface area (Å²) < 4.78 is 7.68. The molecule has 2 fully saturated rings. The molecule has 1 atom stereocenters. The van der Waals surface area contributed by atoms with Crippen LogP contribution in [0, 0.1) is 12.8 Å². The van der Waals surface area contributed by atoms with Gasteiger partial charge < -0.3 is 4.74 Å². The summed E-state index contributed by atoms with van der Waals surface area (Å²) in [6.07, 6.45) is 2.56. The van der Waals surface area contributed by atoms with E-state index in [2.05, 4.69) is 41.9 Å². The minimum Gasteiger partial charge on any atom is -0.381 e. The number of rotatable bonds is 5. The van der Waals surface area contributed by atoms with E-state index < -0.39 is 0 Å². The molecule has 2 saturated heterocycles. The first-order chi connectivity index (χ1) is 10.5. The predicted octanol–water partition coefficient (Wildman–Crippen LogP) is 1.66. The Morgan fingerprint density at radius 3 is 2.77 bits per heavy atom. The fourth-order valence-electron chi connectivity index (χ4n) is 4.15. The Morgan fingerprint density at radius 2 is 2.14 bits per heavy atom. The average molecular weight is 306 g/mol. The molecule has 2 aliphatic rings. The maximum absolute atomic E-state index is 5.67. The molecule has 1 aromatic heterocycles. The third kappa shape index (κ3) is 3.07. The zero-order valence-corrected chi connectivity index (χ0v) is 14.5. The van der Waals surface area contributed by atoms with E-state index in [-0.39, 0.29) is 0 Å². The van der Waals surface area contributed by atoms with Crippen LogP contribution in [-0.2, 0) is 18.3 Å². The van der Waals surface area contributed by atoms with Crippen LogP contribution in [0.5, 0.6) is 0 Å². The molecule has 5 heteroatoms. The summed E-state index contributed by atoms with van der Waals surface area (Å²) >= 11 is 0. The molecule has 3 heterocycles. The van der Waals surface area contributed by atoms with Crippen molar-refractivity contribution in [2.75, 3.05) is 39.9 Å². The Bertz CT molecular complexity index is 505. The van der Waals surface area contributed by atoms with Crippen LogP contribution >= 0.6 is 0 Å². The average Bonchev–Trinajstić information content (AvgIpc) is 2.76. The van der Waals surface area contributed by atoms with E-state index in [0.717, 1.165) is 31.4 Å². The number of nitrogens with zero attached hydrogens (tertiary/aromatic N) is 4. The highest BCUT2D eigenvalue weighted by Gasteiger charge is 2.49. The molecule has 0 unspecified atom stereocenters. The second-order valence-corrected chi connectivity index (χ2v) is 7.21. The zero-order valence-electron chi connectivity index (χ0n) is 14.5. The largest absolute Gasteiger partial charge is 0.381 e. The summed E-state index contributed by atoms with van der Waals surface area (Å²) in [4.78, 5) is 5.14. The molecule has 1 aromatic rings. The summed E-state index contributed by atoms with van der Waals surface area (Å²) in [6, 6.07) is 2.20. The van der Waals surface area contributed by atoms with Crippen molar-refractivity contribution in [2.45, 2.75) is 38.8 Å². The van der Waals surface area contributed by atoms with Crippen LogP contribution in [0.2, 0.25) is 0 Å². The van der Waals surface area contributed by atoms with Gasteiger partial charge in [-0.15, -0.1) is 0 Å². The topological polar surface area (TPSA) is 33.5 Å². The highest BCUT2D eigenvalue weighted by atomic mass is 16.5. The minimum absolute atomic E-state index is 0.383. The second-order valence-electron chi connectivity index (χ2n) is 7.21. The number of aromatic nitrogens is 2. The minimum atomic E-state index is 0.383. The van der Waals surface area contributed by atoms with Gasteiger partial charge in [0.2, 0.25) is 0 Å². The van der Waals surface area contributed by atoms with Gasteiger partial charge in [-0.3, -0.25) is 14.5 Å². The molecule has 0 bridgehead atoms. The molecule has 124 valence electrons. The first-order valence-electron chi connectivity index (χ1n) is 8.53. The smallest absolute Gasteiger partial charge is 0.0597 e. The maximum atomic E-state index is 5.67. The highest BCUT2D eigenvalue weighted by Crippen LogP contribution is 2.38. The Morgan fingerprint density at radius 1 is 1.36 bits per heavy atom. The lowest BCUT2D eigenvalue weighted by Crippen LogP contribution is -2.71. The van der Waals surface area contributed by atoms with Gasteiger partial charge in [0, 0.05) is 45.4 Å². The lowest BCUT2D eigenvalue weighted by molar-refractivity contribution is -0.0928. The highest BCUT2D eigenvalue weighted by molar-refractivity contribution is 5.12. The summed E-state index contributed by atoms with van der Waals surface area (Å²) in [5.41, 5.74) is 2.81. The van der Waals surface area contributed by atoms with Crippen molar-refractivity contribution in [3.8, 4) is 0 Å². The standard InChI is InChI=1S/C17H30N4O/c1-5-22-11-15-6-7-19(3)17(9-15)12-21(13-17)10-16-8-14(2)18-20(16)4/h8,15H,5-7,9-13H2,1-4H3/t15-/m1/s1. The van der Waals surface area contributed by atoms with Gasteiger partial charge in [-0.25, -0.2) is 0 Å².